The van der Waals surface area contributed by atoms with Crippen molar-refractivity contribution < 1.29 is 28.8 Å². The van der Waals surface area contributed by atoms with E-state index >= 15 is 0 Å². The number of amides is 6. The highest BCUT2D eigenvalue weighted by molar-refractivity contribution is 6.28. The van der Waals surface area contributed by atoms with Crippen molar-refractivity contribution in [1.29, 1.82) is 0 Å². The van der Waals surface area contributed by atoms with Gasteiger partial charge in [-0.2, -0.15) is 0 Å². The van der Waals surface area contributed by atoms with Crippen molar-refractivity contribution in [2.45, 2.75) is 58.2 Å². The van der Waals surface area contributed by atoms with E-state index in [1.54, 1.807) is 41.5 Å². The molecular formula is C24H42Cl3N7O6. The first-order valence-corrected chi connectivity index (χ1v) is 14.2. The van der Waals surface area contributed by atoms with Crippen LogP contribution in [0.15, 0.2) is 0 Å². The van der Waals surface area contributed by atoms with Gasteiger partial charge in [0.2, 0.25) is 35.4 Å². The predicted octanol–water partition coefficient (Wildman–Crippen LogP) is -0.962. The van der Waals surface area contributed by atoms with Crippen LogP contribution in [-0.4, -0.2) is 114 Å². The molecule has 0 aromatic rings. The normalized spacial score (nSPS) is 11.8. The maximum absolute atomic E-state index is 12.6. The highest BCUT2D eigenvalue weighted by Crippen LogP contribution is 2.04. The van der Waals surface area contributed by atoms with Gasteiger partial charge in [0.15, 0.2) is 0 Å². The van der Waals surface area contributed by atoms with Gasteiger partial charge in [0, 0.05) is 39.3 Å². The van der Waals surface area contributed by atoms with Gasteiger partial charge >= 0.3 is 0 Å². The maximum Gasteiger partial charge on any atom is 0.245 e. The number of hydrogen-bond acceptors (Lipinski definition) is 7. The van der Waals surface area contributed by atoms with E-state index in [9.17, 15) is 28.8 Å². The van der Waals surface area contributed by atoms with Crippen molar-refractivity contribution in [3.63, 3.8) is 0 Å². The third-order valence-electron chi connectivity index (χ3n) is 5.56. The van der Waals surface area contributed by atoms with Crippen molar-refractivity contribution in [3.8, 4) is 0 Å². The van der Waals surface area contributed by atoms with Crippen LogP contribution in [0.2, 0.25) is 0 Å². The first kappa shape index (κ1) is 37.6. The molecule has 0 aliphatic rings. The van der Waals surface area contributed by atoms with Gasteiger partial charge in [0.25, 0.3) is 0 Å². The lowest BCUT2D eigenvalue weighted by atomic mass is 10.0. The predicted molar refractivity (Wildman–Crippen MR) is 154 cm³/mol. The number of carbonyl (C=O) groups excluding carboxylic acids is 6. The Morgan fingerprint density at radius 1 is 0.500 bits per heavy atom. The van der Waals surface area contributed by atoms with Gasteiger partial charge in [0.1, 0.15) is 34.3 Å². The lowest BCUT2D eigenvalue weighted by Crippen LogP contribution is -2.57. The van der Waals surface area contributed by atoms with Crippen LogP contribution >= 0.6 is 34.8 Å². The van der Waals surface area contributed by atoms with Crippen molar-refractivity contribution in [3.05, 3.63) is 0 Å². The molecule has 0 saturated heterocycles. The van der Waals surface area contributed by atoms with Gasteiger partial charge in [-0.05, 0) is 41.5 Å². The molecule has 0 aliphatic carbocycles. The standard InChI is InChI=1S/C24H42Cl3N7O6/c1-22(2,31-16(35)13-25)19(38)28-7-10-34(11-8-29-20(39)23(3,4)32-17(36)14-26)12-9-30-21(40)24(5,6)33-18(37)15-27/h7-15H2,1-6H3,(H,28,38)(H,29,39)(H,30,40)(H,31,35)(H,32,36)(H,33,37). The maximum atomic E-state index is 12.6. The van der Waals surface area contributed by atoms with Crippen LogP contribution in [0.5, 0.6) is 0 Å². The summed E-state index contributed by atoms with van der Waals surface area (Å²) in [6, 6.07) is 0. The van der Waals surface area contributed by atoms with E-state index < -0.39 is 52.1 Å². The molecule has 6 N–H and O–H groups in total. The molecule has 0 spiro atoms. The summed E-state index contributed by atoms with van der Waals surface area (Å²) in [5, 5.41) is 15.9. The summed E-state index contributed by atoms with van der Waals surface area (Å²) in [6.07, 6.45) is 0. The molecule has 16 heteroatoms. The van der Waals surface area contributed by atoms with Crippen molar-refractivity contribution >= 4 is 70.2 Å². The molecule has 0 aromatic carbocycles. The Bertz CT molecular complexity index is 801. The Kier molecular flexibility index (Phi) is 16.4. The molecule has 0 saturated carbocycles. The van der Waals surface area contributed by atoms with Gasteiger partial charge in [0.05, 0.1) is 0 Å². The molecule has 6 amide bonds. The highest BCUT2D eigenvalue weighted by atomic mass is 35.5. The van der Waals surface area contributed by atoms with Crippen molar-refractivity contribution in [2.75, 3.05) is 56.9 Å². The third-order valence-corrected chi connectivity index (χ3v) is 6.29. The van der Waals surface area contributed by atoms with Crippen LogP contribution < -0.4 is 31.9 Å². The number of nitrogens with zero attached hydrogens (tertiary/aromatic N) is 1. The number of halogens is 3. The SMILES string of the molecule is CC(C)(NC(=O)CCl)C(=O)NCCN(CCNC(=O)C(C)(C)NC(=O)CCl)CCNC(=O)C(C)(C)NC(=O)CCl. The second kappa shape index (κ2) is 17.5. The Morgan fingerprint density at radius 2 is 0.725 bits per heavy atom. The Balaban J connectivity index is 5.15. The number of nitrogens with one attached hydrogen (secondary N) is 6. The molecule has 0 bridgehead atoms. The first-order chi connectivity index (χ1) is 18.4. The highest BCUT2D eigenvalue weighted by Gasteiger charge is 2.31. The Hall–Kier alpha value is -2.35. The fourth-order valence-electron chi connectivity index (χ4n) is 3.30. The summed E-state index contributed by atoms with van der Waals surface area (Å²) in [5.41, 5.74) is -3.55. The largest absolute Gasteiger partial charge is 0.353 e. The van der Waals surface area contributed by atoms with E-state index in [0.29, 0.717) is 19.6 Å². The average molecular weight is 631 g/mol. The summed E-state index contributed by atoms with van der Waals surface area (Å²) in [6.45, 7) is 10.9. The molecule has 0 rings (SSSR count). The first-order valence-electron chi connectivity index (χ1n) is 12.6. The number of hydrogen-bond donors (Lipinski definition) is 6. The average Bonchev–Trinajstić information content (AvgIpc) is 2.86. The monoisotopic (exact) mass is 629 g/mol. The van der Waals surface area contributed by atoms with E-state index in [1.807, 2.05) is 4.90 Å². The Labute approximate surface area is 250 Å². The zero-order chi connectivity index (χ0) is 31.1. The van der Waals surface area contributed by atoms with Gasteiger partial charge in [-0.3, -0.25) is 33.7 Å². The van der Waals surface area contributed by atoms with Crippen LogP contribution in [0.3, 0.4) is 0 Å². The molecule has 0 fully saturated rings. The van der Waals surface area contributed by atoms with Gasteiger partial charge in [-0.25, -0.2) is 0 Å². The fourth-order valence-corrected chi connectivity index (χ4v) is 3.50. The minimum atomic E-state index is -1.18. The molecule has 0 unspecified atom stereocenters. The molecule has 13 nitrogen and oxygen atoms in total. The number of alkyl halides is 3. The van der Waals surface area contributed by atoms with Crippen LogP contribution in [0.1, 0.15) is 41.5 Å². The molecular weight excluding hydrogens is 589 g/mol. The quantitative estimate of drug-likeness (QED) is 0.106. The van der Waals surface area contributed by atoms with Crippen LogP contribution in [0.25, 0.3) is 0 Å². The summed E-state index contributed by atoms with van der Waals surface area (Å²) in [4.78, 5) is 74.4. The van der Waals surface area contributed by atoms with Crippen molar-refractivity contribution in [2.24, 2.45) is 0 Å². The van der Waals surface area contributed by atoms with Crippen molar-refractivity contribution in [1.82, 2.24) is 36.8 Å². The molecule has 0 radical (unpaired) electrons. The summed E-state index contributed by atoms with van der Waals surface area (Å²) < 4.78 is 0. The van der Waals surface area contributed by atoms with E-state index in [4.69, 9.17) is 34.8 Å². The number of rotatable bonds is 18. The molecule has 40 heavy (non-hydrogen) atoms. The minimum absolute atomic E-state index is 0.204. The van der Waals surface area contributed by atoms with E-state index in [0.717, 1.165) is 0 Å². The van der Waals surface area contributed by atoms with Gasteiger partial charge < -0.3 is 31.9 Å². The van der Waals surface area contributed by atoms with E-state index in [1.165, 1.54) is 0 Å². The van der Waals surface area contributed by atoms with Crippen LogP contribution in [-0.2, 0) is 28.8 Å². The summed E-state index contributed by atoms with van der Waals surface area (Å²) in [5.74, 6) is -3.52. The molecule has 0 atom stereocenters. The lowest BCUT2D eigenvalue weighted by Gasteiger charge is -2.29. The lowest BCUT2D eigenvalue weighted by molar-refractivity contribution is -0.131. The number of carbonyl (C=O) groups is 6. The zero-order valence-electron chi connectivity index (χ0n) is 23.9. The smallest absolute Gasteiger partial charge is 0.245 e. The molecule has 230 valence electrons. The molecule has 0 aromatic heterocycles. The molecule has 0 aliphatic heterocycles. The van der Waals surface area contributed by atoms with E-state index in [-0.39, 0.29) is 37.3 Å². The van der Waals surface area contributed by atoms with Crippen LogP contribution in [0.4, 0.5) is 0 Å². The fraction of sp³-hybridized carbons (Fsp3) is 0.750. The third kappa shape index (κ3) is 14.3. The van der Waals surface area contributed by atoms with Gasteiger partial charge in [-0.15, -0.1) is 34.8 Å². The molecule has 0 heterocycles. The second-order valence-electron chi connectivity index (χ2n) is 10.5. The Morgan fingerprint density at radius 3 is 0.925 bits per heavy atom. The second-order valence-corrected chi connectivity index (χ2v) is 11.3. The summed E-state index contributed by atoms with van der Waals surface area (Å²) in [7, 11) is 0. The topological polar surface area (TPSA) is 178 Å². The van der Waals surface area contributed by atoms with Crippen LogP contribution in [0, 0.1) is 0 Å². The zero-order valence-corrected chi connectivity index (χ0v) is 26.2. The van der Waals surface area contributed by atoms with Gasteiger partial charge in [-0.1, -0.05) is 0 Å². The minimum Gasteiger partial charge on any atom is -0.353 e. The van der Waals surface area contributed by atoms with E-state index in [2.05, 4.69) is 31.9 Å². The summed E-state index contributed by atoms with van der Waals surface area (Å²) >= 11 is 16.5.